The number of aliphatic carboxylic acids is 1. The fraction of sp³-hybridized carbons (Fsp3) is 0.929. The normalized spacial score (nSPS) is 36.9. The van der Waals surface area contributed by atoms with Gasteiger partial charge in [-0.15, -0.1) is 0 Å². The summed E-state index contributed by atoms with van der Waals surface area (Å²) < 4.78 is 0. The monoisotopic (exact) mass is 240 g/mol. The van der Waals surface area contributed by atoms with E-state index < -0.39 is 17.0 Å². The van der Waals surface area contributed by atoms with Crippen LogP contribution in [0.1, 0.15) is 64.7 Å². The summed E-state index contributed by atoms with van der Waals surface area (Å²) in [5.41, 5.74) is -1.34. The first kappa shape index (κ1) is 12.9. The van der Waals surface area contributed by atoms with Crippen LogP contribution >= 0.6 is 0 Å². The fourth-order valence-electron chi connectivity index (χ4n) is 3.62. The summed E-state index contributed by atoms with van der Waals surface area (Å²) >= 11 is 0. The molecule has 2 N–H and O–H groups in total. The molecular formula is C14H24O3. The van der Waals surface area contributed by atoms with E-state index in [1.807, 2.05) is 0 Å². The van der Waals surface area contributed by atoms with Gasteiger partial charge in [-0.05, 0) is 50.9 Å². The van der Waals surface area contributed by atoms with Crippen LogP contribution in [0.15, 0.2) is 0 Å². The first-order chi connectivity index (χ1) is 7.96. The molecule has 2 aliphatic rings. The highest BCUT2D eigenvalue weighted by Crippen LogP contribution is 2.48. The van der Waals surface area contributed by atoms with Crippen molar-refractivity contribution in [2.45, 2.75) is 70.3 Å². The average molecular weight is 240 g/mol. The molecule has 0 saturated heterocycles. The molecule has 3 heteroatoms. The summed E-state index contributed by atoms with van der Waals surface area (Å²) in [5, 5.41) is 20.0. The maximum atomic E-state index is 11.6. The Morgan fingerprint density at radius 3 is 2.18 bits per heavy atom. The van der Waals surface area contributed by atoms with Gasteiger partial charge in [0.25, 0.3) is 0 Å². The summed E-state index contributed by atoms with van der Waals surface area (Å²) in [6, 6.07) is 0. The molecule has 0 aromatic rings. The lowest BCUT2D eigenvalue weighted by Gasteiger charge is -2.40. The predicted molar refractivity (Wildman–Crippen MR) is 65.7 cm³/mol. The van der Waals surface area contributed by atoms with Crippen molar-refractivity contribution < 1.29 is 15.0 Å². The highest BCUT2D eigenvalue weighted by atomic mass is 16.4. The van der Waals surface area contributed by atoms with Crippen LogP contribution in [0.2, 0.25) is 0 Å². The van der Waals surface area contributed by atoms with Crippen molar-refractivity contribution >= 4 is 5.97 Å². The second kappa shape index (κ2) is 4.60. The molecule has 0 spiro atoms. The average Bonchev–Trinajstić information content (AvgIpc) is 2.68. The van der Waals surface area contributed by atoms with E-state index in [0.717, 1.165) is 51.4 Å². The number of hydrogen-bond acceptors (Lipinski definition) is 2. The van der Waals surface area contributed by atoms with Crippen molar-refractivity contribution in [3.8, 4) is 0 Å². The molecule has 0 aromatic heterocycles. The zero-order valence-electron chi connectivity index (χ0n) is 10.7. The third kappa shape index (κ3) is 2.65. The van der Waals surface area contributed by atoms with Crippen molar-refractivity contribution in [3.05, 3.63) is 0 Å². The number of carbonyl (C=O) groups is 1. The van der Waals surface area contributed by atoms with Crippen molar-refractivity contribution in [2.24, 2.45) is 11.3 Å². The molecule has 2 aliphatic carbocycles. The third-order valence-electron chi connectivity index (χ3n) is 4.89. The number of aliphatic hydroxyl groups is 1. The summed E-state index contributed by atoms with van der Waals surface area (Å²) in [7, 11) is 0. The Morgan fingerprint density at radius 1 is 1.18 bits per heavy atom. The largest absolute Gasteiger partial charge is 0.481 e. The molecule has 0 radical (unpaired) electrons. The van der Waals surface area contributed by atoms with E-state index in [0.29, 0.717) is 12.3 Å². The zero-order chi connectivity index (χ0) is 12.5. The lowest BCUT2D eigenvalue weighted by Crippen LogP contribution is -2.42. The highest BCUT2D eigenvalue weighted by Gasteiger charge is 2.47. The maximum absolute atomic E-state index is 11.6. The van der Waals surface area contributed by atoms with Crippen molar-refractivity contribution in [1.82, 2.24) is 0 Å². The van der Waals surface area contributed by atoms with Gasteiger partial charge in [0.15, 0.2) is 0 Å². The SMILES string of the molecule is CC1CCC(CC2(O)CCCC2)(C(=O)O)CC1. The van der Waals surface area contributed by atoms with Crippen LogP contribution in [0.4, 0.5) is 0 Å². The molecule has 0 atom stereocenters. The van der Waals surface area contributed by atoms with Gasteiger partial charge < -0.3 is 10.2 Å². The Balaban J connectivity index is 2.09. The van der Waals surface area contributed by atoms with E-state index in [1.54, 1.807) is 0 Å². The van der Waals surface area contributed by atoms with Gasteiger partial charge in [-0.25, -0.2) is 0 Å². The Kier molecular flexibility index (Phi) is 3.48. The lowest BCUT2D eigenvalue weighted by molar-refractivity contribution is -0.157. The number of carboxylic acids is 1. The highest BCUT2D eigenvalue weighted by molar-refractivity contribution is 5.75. The van der Waals surface area contributed by atoms with Crippen molar-refractivity contribution in [1.29, 1.82) is 0 Å². The third-order valence-corrected chi connectivity index (χ3v) is 4.89. The van der Waals surface area contributed by atoms with Crippen LogP contribution in [0.3, 0.4) is 0 Å². The van der Waals surface area contributed by atoms with E-state index in [4.69, 9.17) is 0 Å². The molecule has 17 heavy (non-hydrogen) atoms. The van der Waals surface area contributed by atoms with Gasteiger partial charge in [-0.2, -0.15) is 0 Å². The topological polar surface area (TPSA) is 57.5 Å². The molecule has 0 aliphatic heterocycles. The zero-order valence-corrected chi connectivity index (χ0v) is 10.7. The minimum atomic E-state index is -0.695. The van der Waals surface area contributed by atoms with E-state index in [9.17, 15) is 15.0 Å². The first-order valence-corrected chi connectivity index (χ1v) is 6.92. The Morgan fingerprint density at radius 2 is 1.71 bits per heavy atom. The molecule has 0 amide bonds. The summed E-state index contributed by atoms with van der Waals surface area (Å²) in [6.07, 6.45) is 7.60. The molecule has 0 unspecified atom stereocenters. The molecule has 0 aromatic carbocycles. The van der Waals surface area contributed by atoms with Crippen LogP contribution in [-0.2, 0) is 4.79 Å². The molecular weight excluding hydrogens is 216 g/mol. The van der Waals surface area contributed by atoms with Crippen molar-refractivity contribution in [3.63, 3.8) is 0 Å². The van der Waals surface area contributed by atoms with Gasteiger partial charge in [0.05, 0.1) is 11.0 Å². The van der Waals surface area contributed by atoms with E-state index >= 15 is 0 Å². The molecule has 0 bridgehead atoms. The van der Waals surface area contributed by atoms with E-state index in [1.165, 1.54) is 0 Å². The molecule has 0 heterocycles. The standard InChI is InChI=1S/C14H24O3/c1-11-4-8-13(9-5-11,12(15)16)10-14(17)6-2-3-7-14/h11,17H,2-10H2,1H3,(H,15,16). The minimum Gasteiger partial charge on any atom is -0.481 e. The van der Waals surface area contributed by atoms with Gasteiger partial charge >= 0.3 is 5.97 Å². The summed E-state index contributed by atoms with van der Waals surface area (Å²) in [6.45, 7) is 2.19. The van der Waals surface area contributed by atoms with Gasteiger partial charge in [0, 0.05) is 0 Å². The second-order valence-electron chi connectivity index (χ2n) is 6.38. The lowest BCUT2D eigenvalue weighted by atomic mass is 9.65. The van der Waals surface area contributed by atoms with Crippen LogP contribution in [0.5, 0.6) is 0 Å². The Labute approximate surface area is 103 Å². The minimum absolute atomic E-state index is 0.474. The Bertz CT molecular complexity index is 284. The van der Waals surface area contributed by atoms with Crippen molar-refractivity contribution in [2.75, 3.05) is 0 Å². The second-order valence-corrected chi connectivity index (χ2v) is 6.38. The number of carboxylic acid groups (broad SMARTS) is 1. The smallest absolute Gasteiger partial charge is 0.309 e. The predicted octanol–water partition coefficient (Wildman–Crippen LogP) is 2.96. The molecule has 2 rings (SSSR count). The van der Waals surface area contributed by atoms with Crippen LogP contribution in [-0.4, -0.2) is 21.8 Å². The molecule has 3 nitrogen and oxygen atoms in total. The Hall–Kier alpha value is -0.570. The van der Waals surface area contributed by atoms with Gasteiger partial charge in [0.1, 0.15) is 0 Å². The first-order valence-electron chi connectivity index (χ1n) is 6.92. The molecule has 98 valence electrons. The van der Waals surface area contributed by atoms with E-state index in [2.05, 4.69) is 6.92 Å². The number of rotatable bonds is 3. The van der Waals surface area contributed by atoms with Crippen LogP contribution in [0, 0.1) is 11.3 Å². The number of hydrogen-bond donors (Lipinski definition) is 2. The maximum Gasteiger partial charge on any atom is 0.309 e. The van der Waals surface area contributed by atoms with Crippen LogP contribution < -0.4 is 0 Å². The van der Waals surface area contributed by atoms with E-state index in [-0.39, 0.29) is 0 Å². The fourth-order valence-corrected chi connectivity index (χ4v) is 3.62. The summed E-state index contributed by atoms with van der Waals surface area (Å²) in [4.78, 5) is 11.6. The molecule has 2 fully saturated rings. The molecule has 2 saturated carbocycles. The van der Waals surface area contributed by atoms with Gasteiger partial charge in [0.2, 0.25) is 0 Å². The summed E-state index contributed by atoms with van der Waals surface area (Å²) in [5.74, 6) is -0.0505. The van der Waals surface area contributed by atoms with Crippen LogP contribution in [0.25, 0.3) is 0 Å². The quantitative estimate of drug-likeness (QED) is 0.797. The van der Waals surface area contributed by atoms with Gasteiger partial charge in [-0.3, -0.25) is 4.79 Å². The van der Waals surface area contributed by atoms with Gasteiger partial charge in [-0.1, -0.05) is 19.8 Å².